The summed E-state index contributed by atoms with van der Waals surface area (Å²) >= 11 is 0.976. The third kappa shape index (κ3) is 4.69. The van der Waals surface area contributed by atoms with Crippen LogP contribution in [0.2, 0.25) is 0 Å². The summed E-state index contributed by atoms with van der Waals surface area (Å²) in [4.78, 5) is 22.1. The fourth-order valence-electron chi connectivity index (χ4n) is 2.36. The number of anilines is 1. The average molecular weight is 426 g/mol. The average Bonchev–Trinajstić information content (AvgIpc) is 3.11. The van der Waals surface area contributed by atoms with Gasteiger partial charge in [0.1, 0.15) is 22.0 Å². The van der Waals surface area contributed by atoms with E-state index >= 15 is 0 Å². The molecule has 150 valence electrons. The van der Waals surface area contributed by atoms with Crippen LogP contribution in [0.3, 0.4) is 0 Å². The Morgan fingerprint density at radius 3 is 2.41 bits per heavy atom. The fourth-order valence-corrected chi connectivity index (χ4v) is 3.07. The third-order valence-electron chi connectivity index (χ3n) is 3.64. The zero-order valence-electron chi connectivity index (χ0n) is 14.2. The summed E-state index contributed by atoms with van der Waals surface area (Å²) in [6.07, 6.45) is -4.96. The molecule has 1 amide bonds. The van der Waals surface area contributed by atoms with Gasteiger partial charge < -0.3 is 10.1 Å². The molecule has 0 unspecified atom stereocenters. The molecule has 3 rings (SSSR count). The van der Waals surface area contributed by atoms with Gasteiger partial charge in [-0.05, 0) is 47.8 Å². The lowest BCUT2D eigenvalue weighted by molar-refractivity contribution is -0.388. The molecule has 0 saturated carbocycles. The molecule has 0 radical (unpaired) electrons. The van der Waals surface area contributed by atoms with E-state index in [9.17, 15) is 32.5 Å². The predicted molar refractivity (Wildman–Crippen MR) is 96.8 cm³/mol. The van der Waals surface area contributed by atoms with Crippen molar-refractivity contribution in [3.8, 4) is 11.5 Å². The van der Waals surface area contributed by atoms with Crippen molar-refractivity contribution in [3.05, 3.63) is 80.3 Å². The van der Waals surface area contributed by atoms with Gasteiger partial charge in [0.15, 0.2) is 5.75 Å². The van der Waals surface area contributed by atoms with Crippen molar-refractivity contribution in [2.24, 2.45) is 0 Å². The highest BCUT2D eigenvalue weighted by molar-refractivity contribution is 7.12. The van der Waals surface area contributed by atoms with Crippen molar-refractivity contribution in [1.82, 2.24) is 0 Å². The molecule has 11 heteroatoms. The van der Waals surface area contributed by atoms with E-state index in [0.29, 0.717) is 17.8 Å². The smallest absolute Gasteiger partial charge is 0.423 e. The summed E-state index contributed by atoms with van der Waals surface area (Å²) in [7, 11) is 0. The van der Waals surface area contributed by atoms with Gasteiger partial charge in [-0.25, -0.2) is 4.39 Å². The number of rotatable bonds is 5. The van der Waals surface area contributed by atoms with Crippen molar-refractivity contribution < 1.29 is 32.0 Å². The minimum Gasteiger partial charge on any atom is -0.456 e. The van der Waals surface area contributed by atoms with Gasteiger partial charge in [-0.3, -0.25) is 14.9 Å². The molecular formula is C18H10F4N2O4S. The predicted octanol–water partition coefficient (Wildman–Crippen LogP) is 5.86. The number of ether oxygens (including phenoxy) is 1. The molecule has 0 aliphatic carbocycles. The zero-order chi connectivity index (χ0) is 21.2. The molecular weight excluding hydrogens is 416 g/mol. The van der Waals surface area contributed by atoms with Crippen LogP contribution < -0.4 is 10.1 Å². The van der Waals surface area contributed by atoms with Crippen molar-refractivity contribution >= 4 is 28.6 Å². The lowest BCUT2D eigenvalue weighted by Crippen LogP contribution is -2.11. The molecule has 6 nitrogen and oxygen atoms in total. The molecule has 0 aliphatic rings. The van der Waals surface area contributed by atoms with Gasteiger partial charge in [-0.2, -0.15) is 13.2 Å². The maximum Gasteiger partial charge on any atom is 0.423 e. The van der Waals surface area contributed by atoms with E-state index in [1.165, 1.54) is 23.6 Å². The van der Waals surface area contributed by atoms with E-state index in [4.69, 9.17) is 4.74 Å². The maximum absolute atomic E-state index is 13.1. The number of halogens is 4. The van der Waals surface area contributed by atoms with Crippen LogP contribution in [-0.2, 0) is 6.18 Å². The summed E-state index contributed by atoms with van der Waals surface area (Å²) < 4.78 is 57.6. The number of nitro groups is 1. The number of carbonyl (C=O) groups excluding carboxylic acids is 1. The van der Waals surface area contributed by atoms with Crippen LogP contribution in [0.4, 0.5) is 28.9 Å². The standard InChI is InChI=1S/C18H10F4N2O4S/c19-10-1-3-11(4-2-10)23-17(25)16-15(7-8-29-16)28-12-5-6-14(24(26)27)13(9-12)18(20,21)22/h1-9H,(H,23,25). The Kier molecular flexibility index (Phi) is 5.50. The molecule has 1 N–H and O–H groups in total. The van der Waals surface area contributed by atoms with Crippen molar-refractivity contribution in [1.29, 1.82) is 0 Å². The van der Waals surface area contributed by atoms with Crippen molar-refractivity contribution in [2.75, 3.05) is 5.32 Å². The van der Waals surface area contributed by atoms with E-state index in [0.717, 1.165) is 29.5 Å². The SMILES string of the molecule is O=C(Nc1ccc(F)cc1)c1sccc1Oc1ccc([N+](=O)[O-])c(C(F)(F)F)c1. The molecule has 0 aliphatic heterocycles. The Bertz CT molecular complexity index is 1060. The number of nitrogens with zero attached hydrogens (tertiary/aromatic N) is 1. The number of nitro benzene ring substituents is 1. The van der Waals surface area contributed by atoms with Crippen molar-refractivity contribution in [2.45, 2.75) is 6.18 Å². The molecule has 0 saturated heterocycles. The zero-order valence-corrected chi connectivity index (χ0v) is 15.0. The first-order valence-electron chi connectivity index (χ1n) is 7.83. The van der Waals surface area contributed by atoms with Gasteiger partial charge >= 0.3 is 6.18 Å². The Labute approximate surface area is 164 Å². The molecule has 3 aromatic rings. The number of hydrogen-bond acceptors (Lipinski definition) is 5. The summed E-state index contributed by atoms with van der Waals surface area (Å²) in [6, 6.07) is 8.54. The molecule has 0 bridgehead atoms. The van der Waals surface area contributed by atoms with Crippen LogP contribution in [0.1, 0.15) is 15.2 Å². The van der Waals surface area contributed by atoms with Crippen LogP contribution in [0, 0.1) is 15.9 Å². The highest BCUT2D eigenvalue weighted by Gasteiger charge is 2.38. The first-order chi connectivity index (χ1) is 13.6. The van der Waals surface area contributed by atoms with Gasteiger partial charge in [0.2, 0.25) is 0 Å². The number of thiophene rings is 1. The second kappa shape index (κ2) is 7.87. The maximum atomic E-state index is 13.1. The Hall–Kier alpha value is -3.47. The van der Waals surface area contributed by atoms with Gasteiger partial charge in [-0.15, -0.1) is 11.3 Å². The number of benzene rings is 2. The third-order valence-corrected chi connectivity index (χ3v) is 4.53. The summed E-state index contributed by atoms with van der Waals surface area (Å²) in [5, 5.41) is 14.8. The molecule has 29 heavy (non-hydrogen) atoms. The molecule has 1 aromatic heterocycles. The second-order valence-corrected chi connectivity index (χ2v) is 6.53. The van der Waals surface area contributed by atoms with Crippen LogP contribution >= 0.6 is 11.3 Å². The Morgan fingerprint density at radius 1 is 1.10 bits per heavy atom. The quantitative estimate of drug-likeness (QED) is 0.315. The topological polar surface area (TPSA) is 81.5 Å². The summed E-state index contributed by atoms with van der Waals surface area (Å²) in [5.74, 6) is -1.45. The fraction of sp³-hybridized carbons (Fsp3) is 0.0556. The Balaban J connectivity index is 1.85. The lowest BCUT2D eigenvalue weighted by atomic mass is 10.1. The van der Waals surface area contributed by atoms with Gasteiger partial charge in [0.05, 0.1) is 4.92 Å². The van der Waals surface area contributed by atoms with E-state index in [1.807, 2.05) is 0 Å². The highest BCUT2D eigenvalue weighted by atomic mass is 32.1. The number of alkyl halides is 3. The summed E-state index contributed by atoms with van der Waals surface area (Å²) in [5.41, 5.74) is -2.26. The first-order valence-corrected chi connectivity index (χ1v) is 8.71. The van der Waals surface area contributed by atoms with Gasteiger partial charge in [0.25, 0.3) is 11.6 Å². The van der Waals surface area contributed by atoms with Crippen LogP contribution in [-0.4, -0.2) is 10.8 Å². The van der Waals surface area contributed by atoms with Crippen LogP contribution in [0.15, 0.2) is 53.9 Å². The van der Waals surface area contributed by atoms with E-state index in [2.05, 4.69) is 5.32 Å². The number of hydrogen-bond donors (Lipinski definition) is 1. The molecule has 1 heterocycles. The van der Waals surface area contributed by atoms with Crippen LogP contribution in [0.25, 0.3) is 0 Å². The Morgan fingerprint density at radius 2 is 1.79 bits per heavy atom. The first kappa shape index (κ1) is 20.3. The number of carbonyl (C=O) groups is 1. The second-order valence-electron chi connectivity index (χ2n) is 5.61. The molecule has 0 fully saturated rings. The largest absolute Gasteiger partial charge is 0.456 e. The van der Waals surface area contributed by atoms with Crippen molar-refractivity contribution in [3.63, 3.8) is 0 Å². The van der Waals surface area contributed by atoms with Crippen LogP contribution in [0.5, 0.6) is 11.5 Å². The van der Waals surface area contributed by atoms with Gasteiger partial charge in [-0.1, -0.05) is 0 Å². The number of amides is 1. The van der Waals surface area contributed by atoms with E-state index in [1.54, 1.807) is 0 Å². The van der Waals surface area contributed by atoms with Gasteiger partial charge in [0, 0.05) is 11.8 Å². The summed E-state index contributed by atoms with van der Waals surface area (Å²) in [6.45, 7) is 0. The normalized spacial score (nSPS) is 11.2. The minimum atomic E-state index is -4.96. The lowest BCUT2D eigenvalue weighted by Gasteiger charge is -2.11. The molecule has 0 spiro atoms. The van der Waals surface area contributed by atoms with E-state index in [-0.39, 0.29) is 16.4 Å². The van der Waals surface area contributed by atoms with E-state index < -0.39 is 34.1 Å². The molecule has 0 atom stereocenters. The number of nitrogens with one attached hydrogen (secondary N) is 1. The monoisotopic (exact) mass is 426 g/mol. The minimum absolute atomic E-state index is 0.0309. The molecule has 2 aromatic carbocycles. The highest BCUT2D eigenvalue weighted by Crippen LogP contribution is 2.39.